The Bertz CT molecular complexity index is 721. The van der Waals surface area contributed by atoms with E-state index in [1.807, 2.05) is 24.3 Å². The number of hydrogen-bond acceptors (Lipinski definition) is 6. The largest absolute Gasteiger partial charge is 0.388 e. The van der Waals surface area contributed by atoms with E-state index in [0.717, 1.165) is 0 Å². The summed E-state index contributed by atoms with van der Waals surface area (Å²) in [6.07, 6.45) is 0. The lowest BCUT2D eigenvalue weighted by Gasteiger charge is -2.26. The van der Waals surface area contributed by atoms with Gasteiger partial charge >= 0.3 is 0 Å². The van der Waals surface area contributed by atoms with Gasteiger partial charge < -0.3 is 21.3 Å². The number of hydrogen-bond donors (Lipinski definition) is 4. The first-order valence-electron chi connectivity index (χ1n) is 7.73. The van der Waals surface area contributed by atoms with Gasteiger partial charge in [0.1, 0.15) is 0 Å². The van der Waals surface area contributed by atoms with Crippen molar-refractivity contribution in [3.05, 3.63) is 46.5 Å². The van der Waals surface area contributed by atoms with Crippen molar-refractivity contribution >= 4 is 34.3 Å². The zero-order valence-electron chi connectivity index (χ0n) is 14.1. The molecule has 0 heterocycles. The predicted molar refractivity (Wildman–Crippen MR) is 97.9 cm³/mol. The highest BCUT2D eigenvalue weighted by atomic mass is 16.1. The zero-order chi connectivity index (χ0) is 17.4. The molecule has 0 amide bonds. The van der Waals surface area contributed by atoms with E-state index < -0.39 is 0 Å². The van der Waals surface area contributed by atoms with Crippen molar-refractivity contribution in [3.8, 4) is 0 Å². The highest BCUT2D eigenvalue weighted by molar-refractivity contribution is 6.35. The normalized spacial score (nSPS) is 12.3. The van der Waals surface area contributed by atoms with Crippen molar-refractivity contribution in [3.63, 3.8) is 0 Å². The Morgan fingerprint density at radius 3 is 0.875 bits per heavy atom. The van der Waals surface area contributed by atoms with Gasteiger partial charge in [0.15, 0.2) is 11.6 Å². The Morgan fingerprint density at radius 2 is 0.708 bits per heavy atom. The SMILES string of the molecule is CNc1ccc(NC)c2c1C(=O)c1c(NC)ccc(NC)c1C2=O. The van der Waals surface area contributed by atoms with Gasteiger partial charge in [-0.15, -0.1) is 0 Å². The van der Waals surface area contributed by atoms with Crippen LogP contribution < -0.4 is 21.3 Å². The number of ketones is 2. The van der Waals surface area contributed by atoms with Crippen LogP contribution in [0.25, 0.3) is 0 Å². The molecule has 0 fully saturated rings. The van der Waals surface area contributed by atoms with E-state index in [2.05, 4.69) is 21.3 Å². The van der Waals surface area contributed by atoms with Gasteiger partial charge in [-0.25, -0.2) is 0 Å². The molecule has 0 aliphatic heterocycles. The second-order valence-electron chi connectivity index (χ2n) is 5.48. The van der Waals surface area contributed by atoms with Gasteiger partial charge in [0, 0.05) is 50.9 Å². The van der Waals surface area contributed by atoms with Crippen LogP contribution in [0.3, 0.4) is 0 Å². The van der Waals surface area contributed by atoms with Gasteiger partial charge in [0.05, 0.1) is 22.3 Å². The van der Waals surface area contributed by atoms with Crippen LogP contribution in [0.5, 0.6) is 0 Å². The predicted octanol–water partition coefficient (Wildman–Crippen LogP) is 2.63. The van der Waals surface area contributed by atoms with Crippen LogP contribution in [-0.4, -0.2) is 39.8 Å². The number of nitrogens with one attached hydrogen (secondary N) is 4. The van der Waals surface area contributed by atoms with Gasteiger partial charge in [0.25, 0.3) is 0 Å². The minimum Gasteiger partial charge on any atom is -0.388 e. The standard InChI is InChI=1S/C18H20N4O2/c1-19-9-5-6-10(20-2)14-13(9)17(23)15-11(21-3)7-8-12(22-4)16(15)18(14)24/h5-8,19-22H,1-4H3. The van der Waals surface area contributed by atoms with E-state index in [9.17, 15) is 9.59 Å². The van der Waals surface area contributed by atoms with Gasteiger partial charge in [-0.1, -0.05) is 0 Å². The fraction of sp³-hybridized carbons (Fsp3) is 0.222. The average Bonchev–Trinajstić information content (AvgIpc) is 2.63. The lowest BCUT2D eigenvalue weighted by atomic mass is 9.80. The lowest BCUT2D eigenvalue weighted by Crippen LogP contribution is -2.25. The van der Waals surface area contributed by atoms with Gasteiger partial charge in [-0.05, 0) is 24.3 Å². The Morgan fingerprint density at radius 1 is 0.500 bits per heavy atom. The summed E-state index contributed by atoms with van der Waals surface area (Å²) in [5.74, 6) is -0.329. The molecule has 0 bridgehead atoms. The maximum atomic E-state index is 13.3. The van der Waals surface area contributed by atoms with Crippen molar-refractivity contribution in [1.82, 2.24) is 0 Å². The van der Waals surface area contributed by atoms with Crippen LogP contribution in [0.15, 0.2) is 24.3 Å². The topological polar surface area (TPSA) is 82.3 Å². The summed E-state index contributed by atoms with van der Waals surface area (Å²) in [6, 6.07) is 7.23. The first-order chi connectivity index (χ1) is 11.6. The summed E-state index contributed by atoms with van der Waals surface area (Å²) in [6.45, 7) is 0. The molecule has 3 rings (SSSR count). The van der Waals surface area contributed by atoms with Crippen LogP contribution in [0.1, 0.15) is 31.8 Å². The molecule has 6 heteroatoms. The summed E-state index contributed by atoms with van der Waals surface area (Å²) in [7, 11) is 6.96. The monoisotopic (exact) mass is 324 g/mol. The molecule has 124 valence electrons. The molecule has 4 N–H and O–H groups in total. The maximum absolute atomic E-state index is 13.3. The fourth-order valence-electron chi connectivity index (χ4n) is 3.23. The molecule has 6 nitrogen and oxygen atoms in total. The molecule has 24 heavy (non-hydrogen) atoms. The third-order valence-corrected chi connectivity index (χ3v) is 4.40. The number of fused-ring (bicyclic) bond motifs is 2. The van der Waals surface area contributed by atoms with Gasteiger partial charge in [-0.3, -0.25) is 9.59 Å². The van der Waals surface area contributed by atoms with Crippen LogP contribution in [0.4, 0.5) is 22.7 Å². The molecule has 1 aliphatic carbocycles. The lowest BCUT2D eigenvalue weighted by molar-refractivity contribution is 0.0981. The maximum Gasteiger partial charge on any atom is 0.198 e. The fourth-order valence-corrected chi connectivity index (χ4v) is 3.23. The van der Waals surface area contributed by atoms with Gasteiger partial charge in [0.2, 0.25) is 0 Å². The Balaban J connectivity index is 2.42. The Labute approximate surface area is 140 Å². The molecular formula is C18H20N4O2. The summed E-state index contributed by atoms with van der Waals surface area (Å²) >= 11 is 0. The molecule has 0 spiro atoms. The second kappa shape index (κ2) is 5.88. The molecule has 0 radical (unpaired) electrons. The number of rotatable bonds is 4. The van der Waals surface area contributed by atoms with Crippen molar-refractivity contribution in [2.24, 2.45) is 0 Å². The Kier molecular flexibility index (Phi) is 3.89. The van der Waals surface area contributed by atoms with Crippen LogP contribution >= 0.6 is 0 Å². The highest BCUT2D eigenvalue weighted by Gasteiger charge is 2.37. The molecule has 1 aliphatic rings. The summed E-state index contributed by atoms with van der Waals surface area (Å²) in [4.78, 5) is 26.5. The molecular weight excluding hydrogens is 304 g/mol. The third-order valence-electron chi connectivity index (χ3n) is 4.40. The summed E-state index contributed by atoms with van der Waals surface area (Å²) in [5, 5.41) is 12.1. The molecule has 2 aromatic carbocycles. The van der Waals surface area contributed by atoms with E-state index in [4.69, 9.17) is 0 Å². The highest BCUT2D eigenvalue weighted by Crippen LogP contribution is 2.41. The molecule has 0 atom stereocenters. The summed E-state index contributed by atoms with van der Waals surface area (Å²) in [5.41, 5.74) is 4.21. The molecule has 0 saturated carbocycles. The first kappa shape index (κ1) is 15.9. The van der Waals surface area contributed by atoms with Gasteiger partial charge in [-0.2, -0.15) is 0 Å². The Hall–Kier alpha value is -3.02. The van der Waals surface area contributed by atoms with E-state index in [-0.39, 0.29) is 11.6 Å². The molecule has 0 saturated heterocycles. The third kappa shape index (κ3) is 2.03. The number of carbonyl (C=O) groups is 2. The van der Waals surface area contributed by atoms with E-state index in [1.54, 1.807) is 28.2 Å². The van der Waals surface area contributed by atoms with Crippen molar-refractivity contribution in [2.75, 3.05) is 49.5 Å². The number of anilines is 4. The van der Waals surface area contributed by atoms with E-state index in [1.165, 1.54) is 0 Å². The smallest absolute Gasteiger partial charge is 0.198 e. The molecule has 0 unspecified atom stereocenters. The quantitative estimate of drug-likeness (QED) is 0.591. The van der Waals surface area contributed by atoms with Crippen molar-refractivity contribution < 1.29 is 9.59 Å². The minimum absolute atomic E-state index is 0.164. The van der Waals surface area contributed by atoms with E-state index in [0.29, 0.717) is 45.0 Å². The summed E-state index contributed by atoms with van der Waals surface area (Å²) < 4.78 is 0. The average molecular weight is 324 g/mol. The van der Waals surface area contributed by atoms with Crippen LogP contribution in [0.2, 0.25) is 0 Å². The second-order valence-corrected chi connectivity index (χ2v) is 5.48. The van der Waals surface area contributed by atoms with Crippen LogP contribution in [-0.2, 0) is 0 Å². The molecule has 0 aromatic heterocycles. The van der Waals surface area contributed by atoms with E-state index >= 15 is 0 Å². The van der Waals surface area contributed by atoms with Crippen molar-refractivity contribution in [2.45, 2.75) is 0 Å². The molecule has 2 aromatic rings. The number of carbonyl (C=O) groups excluding carboxylic acids is 2. The minimum atomic E-state index is -0.164. The zero-order valence-corrected chi connectivity index (χ0v) is 14.1. The van der Waals surface area contributed by atoms with Crippen molar-refractivity contribution in [1.29, 1.82) is 0 Å². The number of benzene rings is 2. The first-order valence-corrected chi connectivity index (χ1v) is 7.73. The van der Waals surface area contributed by atoms with Crippen LogP contribution in [0, 0.1) is 0 Å².